The second kappa shape index (κ2) is 5.99. The predicted molar refractivity (Wildman–Crippen MR) is 70.2 cm³/mol. The van der Waals surface area contributed by atoms with Gasteiger partial charge in [0.15, 0.2) is 11.4 Å². The molecule has 0 saturated carbocycles. The van der Waals surface area contributed by atoms with Gasteiger partial charge >= 0.3 is 0 Å². The Morgan fingerprint density at radius 1 is 1.69 bits per heavy atom. The van der Waals surface area contributed by atoms with Crippen LogP contribution in [0, 0.1) is 11.5 Å². The molecule has 4 nitrogen and oxygen atoms in total. The number of nitrogens with one attached hydrogen (secondary N) is 1. The number of hydrogen-bond donors (Lipinski definition) is 2. The van der Waals surface area contributed by atoms with Crippen molar-refractivity contribution in [2.24, 2.45) is 4.99 Å². The first-order valence-corrected chi connectivity index (χ1v) is 6.44. The number of nitrogens with zero attached hydrogens (tertiary/aromatic N) is 2. The van der Waals surface area contributed by atoms with E-state index in [2.05, 4.69) is 26.2 Å². The minimum atomic E-state index is -0.0546. The highest BCUT2D eigenvalue weighted by molar-refractivity contribution is 9.10. The van der Waals surface area contributed by atoms with Crippen LogP contribution in [0.25, 0.3) is 0 Å². The summed E-state index contributed by atoms with van der Waals surface area (Å²) in [7, 11) is 0. The lowest BCUT2D eigenvalue weighted by Crippen LogP contribution is -2.12. The normalized spacial score (nSPS) is 11.0. The second-order valence-corrected chi connectivity index (χ2v) is 4.67. The largest absolute Gasteiger partial charge is 0.506 e. The zero-order chi connectivity index (χ0) is 12.1. The molecule has 0 aliphatic rings. The number of phenolic OH excluding ortho intramolecular Hbond substituents is 1. The zero-order valence-corrected chi connectivity index (χ0v) is 11.3. The molecular formula is C9H7BrClN3OS. The molecule has 0 heterocycles. The number of amidine groups is 1. The molecule has 7 heteroatoms. The van der Waals surface area contributed by atoms with Gasteiger partial charge in [-0.25, -0.2) is 4.99 Å². The average Bonchev–Trinajstić information content (AvgIpc) is 2.25. The van der Waals surface area contributed by atoms with Crippen LogP contribution in [0.15, 0.2) is 21.6 Å². The van der Waals surface area contributed by atoms with Gasteiger partial charge in [-0.15, -0.1) is 0 Å². The Kier molecular flexibility index (Phi) is 4.93. The fourth-order valence-corrected chi connectivity index (χ4v) is 1.96. The van der Waals surface area contributed by atoms with E-state index in [1.165, 1.54) is 17.8 Å². The van der Waals surface area contributed by atoms with Crippen molar-refractivity contribution in [3.05, 3.63) is 21.6 Å². The number of aliphatic imine (C=N–C) groups is 1. The number of phenols is 1. The van der Waals surface area contributed by atoms with E-state index in [0.29, 0.717) is 15.3 Å². The van der Waals surface area contributed by atoms with Crippen molar-refractivity contribution in [2.45, 2.75) is 0 Å². The number of hydrogen-bond acceptors (Lipinski definition) is 4. The molecule has 0 aliphatic heterocycles. The lowest BCUT2D eigenvalue weighted by molar-refractivity contribution is 0.475. The molecule has 0 aliphatic carbocycles. The SMILES string of the molecule is CSC(=Nc1cc(O)c(Cl)cc1Br)NC#N. The maximum atomic E-state index is 9.43. The van der Waals surface area contributed by atoms with E-state index in [4.69, 9.17) is 16.9 Å². The number of benzene rings is 1. The van der Waals surface area contributed by atoms with Crippen molar-refractivity contribution in [2.75, 3.05) is 6.26 Å². The third-order valence-corrected chi connectivity index (χ3v) is 3.11. The summed E-state index contributed by atoms with van der Waals surface area (Å²) >= 11 is 10.3. The molecule has 2 N–H and O–H groups in total. The van der Waals surface area contributed by atoms with Crippen molar-refractivity contribution in [3.63, 3.8) is 0 Å². The lowest BCUT2D eigenvalue weighted by Gasteiger charge is -2.04. The third-order valence-electron chi connectivity index (χ3n) is 1.59. The summed E-state index contributed by atoms with van der Waals surface area (Å²) in [6.07, 6.45) is 3.56. The van der Waals surface area contributed by atoms with E-state index in [1.807, 2.05) is 0 Å². The highest BCUT2D eigenvalue weighted by Crippen LogP contribution is 2.35. The fraction of sp³-hybridized carbons (Fsp3) is 0.111. The Hall–Kier alpha value is -0.900. The van der Waals surface area contributed by atoms with Crippen LogP contribution in [0.4, 0.5) is 5.69 Å². The van der Waals surface area contributed by atoms with E-state index in [0.717, 1.165) is 0 Å². The van der Waals surface area contributed by atoms with Crippen molar-refractivity contribution < 1.29 is 5.11 Å². The zero-order valence-electron chi connectivity index (χ0n) is 8.16. The van der Waals surface area contributed by atoms with E-state index in [1.54, 1.807) is 18.5 Å². The van der Waals surface area contributed by atoms with Crippen LogP contribution < -0.4 is 5.32 Å². The standard InChI is InChI=1S/C9H7BrClN3OS/c1-16-9(13-4-12)14-7-3-8(15)6(11)2-5(7)10/h2-3,15H,1H3,(H,13,14). The number of halogens is 2. The first-order chi connectivity index (χ1) is 7.58. The summed E-state index contributed by atoms with van der Waals surface area (Å²) in [4.78, 5) is 4.15. The minimum Gasteiger partial charge on any atom is -0.506 e. The smallest absolute Gasteiger partial charge is 0.183 e. The molecule has 1 rings (SSSR count). The summed E-state index contributed by atoms with van der Waals surface area (Å²) < 4.78 is 0.640. The van der Waals surface area contributed by atoms with Crippen LogP contribution in [-0.2, 0) is 0 Å². The Labute approximate surface area is 110 Å². The summed E-state index contributed by atoms with van der Waals surface area (Å²) in [6.45, 7) is 0. The highest BCUT2D eigenvalue weighted by Gasteiger charge is 2.06. The Morgan fingerprint density at radius 3 is 2.94 bits per heavy atom. The molecule has 0 bridgehead atoms. The molecular weight excluding hydrogens is 314 g/mol. The van der Waals surface area contributed by atoms with E-state index in [9.17, 15) is 5.11 Å². The van der Waals surface area contributed by atoms with Gasteiger partial charge in [-0.1, -0.05) is 23.4 Å². The minimum absolute atomic E-state index is 0.0546. The molecule has 0 aromatic heterocycles. The Bertz CT molecular complexity index is 473. The third kappa shape index (κ3) is 3.30. The van der Waals surface area contributed by atoms with E-state index >= 15 is 0 Å². The number of rotatable bonds is 1. The summed E-state index contributed by atoms with van der Waals surface area (Å²) in [5, 5.41) is 21.0. The molecule has 0 atom stereocenters. The van der Waals surface area contributed by atoms with Gasteiger partial charge in [0.2, 0.25) is 0 Å². The van der Waals surface area contributed by atoms with E-state index < -0.39 is 0 Å². The lowest BCUT2D eigenvalue weighted by atomic mass is 10.3. The molecule has 0 amide bonds. The first-order valence-electron chi connectivity index (χ1n) is 4.04. The summed E-state index contributed by atoms with van der Waals surface area (Å²) in [5.41, 5.74) is 0.494. The van der Waals surface area contributed by atoms with Crippen molar-refractivity contribution in [1.82, 2.24) is 5.32 Å². The maximum absolute atomic E-state index is 9.43. The van der Waals surface area contributed by atoms with Crippen LogP contribution in [-0.4, -0.2) is 16.5 Å². The first kappa shape index (κ1) is 13.2. The Balaban J connectivity index is 3.14. The molecule has 1 aromatic rings. The molecule has 0 spiro atoms. The van der Waals surface area contributed by atoms with Crippen LogP contribution in [0.2, 0.25) is 5.02 Å². The molecule has 84 valence electrons. The molecule has 1 aromatic carbocycles. The second-order valence-electron chi connectivity index (χ2n) is 2.61. The molecule has 0 saturated heterocycles. The van der Waals surface area contributed by atoms with Gasteiger partial charge in [0.05, 0.1) is 10.7 Å². The average molecular weight is 321 g/mol. The van der Waals surface area contributed by atoms with Gasteiger partial charge in [-0.05, 0) is 28.3 Å². The quantitative estimate of drug-likeness (QED) is 0.361. The van der Waals surface area contributed by atoms with Crippen molar-refractivity contribution >= 4 is 50.1 Å². The summed E-state index contributed by atoms with van der Waals surface area (Å²) in [5.74, 6) is -0.0546. The van der Waals surface area contributed by atoms with E-state index in [-0.39, 0.29) is 10.8 Å². The molecule has 0 radical (unpaired) electrons. The van der Waals surface area contributed by atoms with Gasteiger partial charge in [-0.2, -0.15) is 5.26 Å². The molecule has 0 fully saturated rings. The van der Waals surface area contributed by atoms with Gasteiger partial charge in [0, 0.05) is 10.5 Å². The Morgan fingerprint density at radius 2 is 2.38 bits per heavy atom. The predicted octanol–water partition coefficient (Wildman–Crippen LogP) is 3.23. The highest BCUT2D eigenvalue weighted by atomic mass is 79.9. The topological polar surface area (TPSA) is 68.4 Å². The van der Waals surface area contributed by atoms with Crippen LogP contribution in [0.3, 0.4) is 0 Å². The van der Waals surface area contributed by atoms with Gasteiger partial charge in [0.1, 0.15) is 5.75 Å². The summed E-state index contributed by atoms with van der Waals surface area (Å²) in [6, 6.07) is 2.96. The number of nitriles is 1. The number of thioether (sulfide) groups is 1. The van der Waals surface area contributed by atoms with Crippen molar-refractivity contribution in [3.8, 4) is 11.9 Å². The number of aromatic hydroxyl groups is 1. The fourth-order valence-electron chi connectivity index (χ4n) is 0.894. The van der Waals surface area contributed by atoms with Crippen LogP contribution >= 0.6 is 39.3 Å². The van der Waals surface area contributed by atoms with Crippen LogP contribution in [0.1, 0.15) is 0 Å². The molecule has 0 unspecified atom stereocenters. The van der Waals surface area contributed by atoms with Gasteiger partial charge in [-0.3, -0.25) is 5.32 Å². The van der Waals surface area contributed by atoms with Crippen LogP contribution in [0.5, 0.6) is 5.75 Å². The monoisotopic (exact) mass is 319 g/mol. The van der Waals surface area contributed by atoms with Gasteiger partial charge in [0.25, 0.3) is 0 Å². The molecule has 16 heavy (non-hydrogen) atoms. The maximum Gasteiger partial charge on any atom is 0.183 e. The van der Waals surface area contributed by atoms with Crippen molar-refractivity contribution in [1.29, 1.82) is 5.26 Å². The van der Waals surface area contributed by atoms with Gasteiger partial charge < -0.3 is 5.11 Å².